The Morgan fingerprint density at radius 1 is 1.13 bits per heavy atom. The van der Waals surface area contributed by atoms with Gasteiger partial charge in [-0.3, -0.25) is 0 Å². The van der Waals surface area contributed by atoms with Gasteiger partial charge in [0.2, 0.25) is 0 Å². The third kappa shape index (κ3) is 2.93. The number of hydrogen-bond donors (Lipinski definition) is 1. The minimum absolute atomic E-state index is 0.712. The fourth-order valence-electron chi connectivity index (χ4n) is 5.80. The number of aromatic amines is 1. The van der Waals surface area contributed by atoms with Crippen molar-refractivity contribution >= 4 is 11.0 Å². The molecule has 30 heavy (non-hydrogen) atoms. The normalized spacial score (nSPS) is 25.8. The summed E-state index contributed by atoms with van der Waals surface area (Å²) in [5.41, 5.74) is 4.75. The number of furan rings is 1. The fourth-order valence-corrected chi connectivity index (χ4v) is 5.80. The second kappa shape index (κ2) is 7.04. The van der Waals surface area contributed by atoms with Gasteiger partial charge in [0.05, 0.1) is 18.2 Å². The van der Waals surface area contributed by atoms with Gasteiger partial charge in [0.1, 0.15) is 12.0 Å². The van der Waals surface area contributed by atoms with Gasteiger partial charge in [0.15, 0.2) is 5.82 Å². The highest BCUT2D eigenvalue weighted by atomic mass is 16.3. The molecular formula is C24H25N5O. The SMILES string of the molecule is C[C@@H]1C2CCC(CC2)[C@H]1Cc1cc(-c2ccoc2)nc(-c2c[nH]c3ncncc23)n1. The van der Waals surface area contributed by atoms with Crippen LogP contribution in [0, 0.1) is 23.7 Å². The smallest absolute Gasteiger partial charge is 0.162 e. The summed E-state index contributed by atoms with van der Waals surface area (Å²) in [7, 11) is 0. The maximum atomic E-state index is 5.33. The van der Waals surface area contributed by atoms with E-state index >= 15 is 0 Å². The summed E-state index contributed by atoms with van der Waals surface area (Å²) in [4.78, 5) is 21.6. The molecular weight excluding hydrogens is 374 g/mol. The molecule has 6 nitrogen and oxygen atoms in total. The molecule has 4 aromatic rings. The lowest BCUT2D eigenvalue weighted by atomic mass is 9.58. The Hall–Kier alpha value is -3.02. The number of nitrogens with zero attached hydrogens (tertiary/aromatic N) is 4. The molecule has 152 valence electrons. The molecule has 0 aromatic carbocycles. The van der Waals surface area contributed by atoms with E-state index in [4.69, 9.17) is 14.4 Å². The largest absolute Gasteiger partial charge is 0.472 e. The molecule has 7 rings (SSSR count). The molecule has 3 saturated carbocycles. The molecule has 2 bridgehead atoms. The molecule has 0 aliphatic heterocycles. The molecule has 0 amide bonds. The number of H-pyrrole nitrogens is 1. The predicted molar refractivity (Wildman–Crippen MR) is 114 cm³/mol. The quantitative estimate of drug-likeness (QED) is 0.504. The van der Waals surface area contributed by atoms with E-state index in [0.717, 1.165) is 63.5 Å². The van der Waals surface area contributed by atoms with Crippen LogP contribution in [0.1, 0.15) is 38.3 Å². The van der Waals surface area contributed by atoms with Gasteiger partial charge in [-0.2, -0.15) is 0 Å². The first-order valence-corrected chi connectivity index (χ1v) is 10.9. The van der Waals surface area contributed by atoms with Gasteiger partial charge in [-0.25, -0.2) is 19.9 Å². The average molecular weight is 399 g/mol. The first kappa shape index (κ1) is 17.8. The number of rotatable bonds is 4. The summed E-state index contributed by atoms with van der Waals surface area (Å²) in [6, 6.07) is 4.11. The third-order valence-electron chi connectivity index (χ3n) is 7.48. The zero-order chi connectivity index (χ0) is 20.1. The van der Waals surface area contributed by atoms with E-state index in [1.165, 1.54) is 25.7 Å². The zero-order valence-corrected chi connectivity index (χ0v) is 17.1. The van der Waals surface area contributed by atoms with Gasteiger partial charge in [0, 0.05) is 34.6 Å². The minimum atomic E-state index is 0.712. The molecule has 1 N–H and O–H groups in total. The van der Waals surface area contributed by atoms with E-state index in [2.05, 4.69) is 27.9 Å². The van der Waals surface area contributed by atoms with Crippen molar-refractivity contribution < 1.29 is 4.42 Å². The Labute approximate surface area is 175 Å². The van der Waals surface area contributed by atoms with Crippen LogP contribution in [0.15, 0.2) is 47.8 Å². The first-order chi connectivity index (χ1) is 14.8. The van der Waals surface area contributed by atoms with Crippen molar-refractivity contribution in [3.63, 3.8) is 0 Å². The Balaban J connectivity index is 1.43. The highest BCUT2D eigenvalue weighted by Crippen LogP contribution is 2.49. The number of aromatic nitrogens is 5. The molecule has 3 fully saturated rings. The Bertz CT molecular complexity index is 1170. The second-order valence-corrected chi connectivity index (χ2v) is 8.97. The van der Waals surface area contributed by atoms with Crippen LogP contribution in [-0.4, -0.2) is 24.9 Å². The third-order valence-corrected chi connectivity index (χ3v) is 7.48. The van der Waals surface area contributed by atoms with Crippen molar-refractivity contribution in [3.05, 3.63) is 49.1 Å². The lowest BCUT2D eigenvalue weighted by Crippen LogP contribution is -2.39. The molecule has 0 unspecified atom stereocenters. The lowest BCUT2D eigenvalue weighted by Gasteiger charge is -2.47. The summed E-state index contributed by atoms with van der Waals surface area (Å²) in [6.45, 7) is 2.46. The number of fused-ring (bicyclic) bond motifs is 4. The maximum absolute atomic E-state index is 5.33. The molecule has 0 spiro atoms. The number of hydrogen-bond acceptors (Lipinski definition) is 5. The zero-order valence-electron chi connectivity index (χ0n) is 17.1. The van der Waals surface area contributed by atoms with E-state index in [-0.39, 0.29) is 0 Å². The molecule has 6 heteroatoms. The van der Waals surface area contributed by atoms with E-state index < -0.39 is 0 Å². The van der Waals surface area contributed by atoms with Crippen molar-refractivity contribution in [2.24, 2.45) is 23.7 Å². The Kier molecular flexibility index (Phi) is 4.18. The first-order valence-electron chi connectivity index (χ1n) is 10.9. The van der Waals surface area contributed by atoms with Crippen LogP contribution < -0.4 is 0 Å². The summed E-state index contributed by atoms with van der Waals surface area (Å²) in [5, 5.41) is 0.942. The molecule has 3 aliphatic carbocycles. The van der Waals surface area contributed by atoms with Gasteiger partial charge >= 0.3 is 0 Å². The highest BCUT2D eigenvalue weighted by molar-refractivity contribution is 5.91. The standard InChI is InChI=1S/C24H25N5O/c1-14-15-2-4-16(5-3-15)19(14)8-18-9-22(17-6-7-30-12-17)29-24(28-18)21-11-26-23-20(21)10-25-13-27-23/h6-7,9-16,19H,2-5,8H2,1H3,(H,25,26,27)/t14-,15?,16?,19+/m1/s1. The van der Waals surface area contributed by atoms with E-state index in [9.17, 15) is 0 Å². The van der Waals surface area contributed by atoms with Crippen LogP contribution in [0.5, 0.6) is 0 Å². The average Bonchev–Trinajstić information content (AvgIpc) is 3.47. The van der Waals surface area contributed by atoms with E-state index in [1.54, 1.807) is 18.9 Å². The van der Waals surface area contributed by atoms with Crippen molar-refractivity contribution in [2.75, 3.05) is 0 Å². The van der Waals surface area contributed by atoms with E-state index in [0.29, 0.717) is 5.92 Å². The highest BCUT2D eigenvalue weighted by Gasteiger charge is 2.41. The summed E-state index contributed by atoms with van der Waals surface area (Å²) < 4.78 is 5.33. The van der Waals surface area contributed by atoms with E-state index in [1.807, 2.05) is 18.5 Å². The summed E-state index contributed by atoms with van der Waals surface area (Å²) in [6.07, 6.45) is 15.3. The molecule has 4 aromatic heterocycles. The van der Waals surface area contributed by atoms with Gasteiger partial charge in [-0.15, -0.1) is 0 Å². The van der Waals surface area contributed by atoms with Crippen molar-refractivity contribution in [1.82, 2.24) is 24.9 Å². The van der Waals surface area contributed by atoms with Crippen molar-refractivity contribution in [3.8, 4) is 22.6 Å². The predicted octanol–water partition coefficient (Wildman–Crippen LogP) is 5.29. The molecule has 0 saturated heterocycles. The van der Waals surface area contributed by atoms with Crippen LogP contribution in [0.25, 0.3) is 33.7 Å². The van der Waals surface area contributed by atoms with Crippen LogP contribution in [-0.2, 0) is 6.42 Å². The van der Waals surface area contributed by atoms with Gasteiger partial charge in [-0.05, 0) is 67.9 Å². The monoisotopic (exact) mass is 399 g/mol. The van der Waals surface area contributed by atoms with Crippen LogP contribution in [0.3, 0.4) is 0 Å². The molecule has 2 atom stereocenters. The van der Waals surface area contributed by atoms with Crippen LogP contribution in [0.4, 0.5) is 0 Å². The Morgan fingerprint density at radius 3 is 2.80 bits per heavy atom. The molecule has 0 radical (unpaired) electrons. The Morgan fingerprint density at radius 2 is 2.00 bits per heavy atom. The van der Waals surface area contributed by atoms with Gasteiger partial charge in [-0.1, -0.05) is 6.92 Å². The second-order valence-electron chi connectivity index (χ2n) is 8.97. The van der Waals surface area contributed by atoms with Crippen molar-refractivity contribution in [1.29, 1.82) is 0 Å². The van der Waals surface area contributed by atoms with Gasteiger partial charge < -0.3 is 9.40 Å². The van der Waals surface area contributed by atoms with Crippen LogP contribution >= 0.6 is 0 Å². The fraction of sp³-hybridized carbons (Fsp3) is 0.417. The lowest BCUT2D eigenvalue weighted by molar-refractivity contribution is 0.0339. The summed E-state index contributed by atoms with van der Waals surface area (Å²) >= 11 is 0. The van der Waals surface area contributed by atoms with Crippen LogP contribution in [0.2, 0.25) is 0 Å². The van der Waals surface area contributed by atoms with Crippen molar-refractivity contribution in [2.45, 2.75) is 39.0 Å². The number of nitrogens with one attached hydrogen (secondary N) is 1. The van der Waals surface area contributed by atoms with Gasteiger partial charge in [0.25, 0.3) is 0 Å². The molecule has 4 heterocycles. The maximum Gasteiger partial charge on any atom is 0.162 e. The summed E-state index contributed by atoms with van der Waals surface area (Å²) in [5.74, 6) is 3.93. The molecule has 3 aliphatic rings. The topological polar surface area (TPSA) is 80.5 Å². The minimum Gasteiger partial charge on any atom is -0.472 e.